The topological polar surface area (TPSA) is 28.2 Å². The van der Waals surface area contributed by atoms with Crippen LogP contribution in [0.25, 0.3) is 0 Å². The largest absolute Gasteiger partial charge is 0.309 e. The molecule has 4 heteroatoms. The molecule has 0 bridgehead atoms. The number of aromatic nitrogens is 1. The highest BCUT2D eigenvalue weighted by Crippen LogP contribution is 2.09. The number of nitrogens with zero attached hydrogens (tertiary/aromatic N) is 2. The molecular formula is C12H20ClN3. The van der Waals surface area contributed by atoms with Gasteiger partial charge in [0.05, 0.1) is 0 Å². The second kappa shape index (κ2) is 6.18. The molecule has 1 aromatic heterocycles. The van der Waals surface area contributed by atoms with E-state index < -0.39 is 0 Å². The Balaban J connectivity index is 0.00000128. The fraction of sp³-hybridized carbons (Fsp3) is 0.583. The Morgan fingerprint density at radius 1 is 1.25 bits per heavy atom. The Bertz CT molecular complexity index is 294. The van der Waals surface area contributed by atoms with Gasteiger partial charge in [-0.25, -0.2) is 0 Å². The number of hydrogen-bond donors (Lipinski definition) is 1. The van der Waals surface area contributed by atoms with Gasteiger partial charge in [-0.2, -0.15) is 0 Å². The van der Waals surface area contributed by atoms with Gasteiger partial charge < -0.3 is 5.32 Å². The molecule has 1 aliphatic rings. The van der Waals surface area contributed by atoms with Crippen molar-refractivity contribution in [3.63, 3.8) is 0 Å². The van der Waals surface area contributed by atoms with Gasteiger partial charge in [0, 0.05) is 44.1 Å². The number of pyridine rings is 1. The molecule has 1 aliphatic heterocycles. The van der Waals surface area contributed by atoms with E-state index in [1.807, 2.05) is 12.4 Å². The van der Waals surface area contributed by atoms with Gasteiger partial charge in [-0.1, -0.05) is 0 Å². The third-order valence-corrected chi connectivity index (χ3v) is 2.79. The molecule has 1 N–H and O–H groups in total. The van der Waals surface area contributed by atoms with E-state index in [9.17, 15) is 0 Å². The Kier molecular flexibility index (Phi) is 5.19. The third kappa shape index (κ3) is 3.74. The smallest absolute Gasteiger partial charge is 0.0271 e. The quantitative estimate of drug-likeness (QED) is 0.854. The van der Waals surface area contributed by atoms with E-state index in [0.717, 1.165) is 19.6 Å². The van der Waals surface area contributed by atoms with Crippen LogP contribution in [0, 0.1) is 0 Å². The zero-order valence-electron chi connectivity index (χ0n) is 9.89. The lowest BCUT2D eigenvalue weighted by molar-refractivity contribution is 0.166. The fourth-order valence-electron chi connectivity index (χ4n) is 2.32. The molecule has 2 unspecified atom stereocenters. The fourth-order valence-corrected chi connectivity index (χ4v) is 2.32. The van der Waals surface area contributed by atoms with Crippen molar-refractivity contribution in [2.45, 2.75) is 32.5 Å². The molecule has 0 spiro atoms. The second-order valence-corrected chi connectivity index (χ2v) is 4.52. The standard InChI is InChI=1S/C12H19N3.ClH/c1-10-7-15(8-11(2)14-10)9-12-3-5-13-6-4-12;/h3-6,10-11,14H,7-9H2,1-2H3;1H. The van der Waals surface area contributed by atoms with Gasteiger partial charge in [-0.05, 0) is 31.5 Å². The van der Waals surface area contributed by atoms with Gasteiger partial charge in [0.15, 0.2) is 0 Å². The van der Waals surface area contributed by atoms with Crippen LogP contribution in [-0.4, -0.2) is 35.1 Å². The highest BCUT2D eigenvalue weighted by atomic mass is 35.5. The maximum atomic E-state index is 4.04. The Labute approximate surface area is 104 Å². The summed E-state index contributed by atoms with van der Waals surface area (Å²) < 4.78 is 0. The molecule has 16 heavy (non-hydrogen) atoms. The Morgan fingerprint density at radius 2 is 1.81 bits per heavy atom. The van der Waals surface area contributed by atoms with Gasteiger partial charge >= 0.3 is 0 Å². The number of rotatable bonds is 2. The van der Waals surface area contributed by atoms with Crippen LogP contribution in [0.1, 0.15) is 19.4 Å². The monoisotopic (exact) mass is 241 g/mol. The van der Waals surface area contributed by atoms with Gasteiger partial charge in [0.1, 0.15) is 0 Å². The van der Waals surface area contributed by atoms with Crippen molar-refractivity contribution in [2.75, 3.05) is 13.1 Å². The van der Waals surface area contributed by atoms with Crippen LogP contribution in [0.5, 0.6) is 0 Å². The molecule has 2 heterocycles. The summed E-state index contributed by atoms with van der Waals surface area (Å²) in [5, 5.41) is 3.54. The average Bonchev–Trinajstić information content (AvgIpc) is 2.17. The van der Waals surface area contributed by atoms with E-state index in [0.29, 0.717) is 12.1 Å². The van der Waals surface area contributed by atoms with Crippen LogP contribution < -0.4 is 5.32 Å². The van der Waals surface area contributed by atoms with E-state index in [2.05, 4.69) is 41.2 Å². The molecule has 0 radical (unpaired) electrons. The zero-order chi connectivity index (χ0) is 10.7. The Hall–Kier alpha value is -0.640. The maximum absolute atomic E-state index is 4.04. The van der Waals surface area contributed by atoms with Crippen LogP contribution >= 0.6 is 12.4 Å². The molecule has 1 fully saturated rings. The number of halogens is 1. The zero-order valence-corrected chi connectivity index (χ0v) is 10.7. The minimum Gasteiger partial charge on any atom is -0.309 e. The normalized spacial score (nSPS) is 26.1. The van der Waals surface area contributed by atoms with Gasteiger partial charge in [-0.15, -0.1) is 12.4 Å². The first-order chi connectivity index (χ1) is 7.24. The van der Waals surface area contributed by atoms with Crippen LogP contribution in [0.4, 0.5) is 0 Å². The molecule has 2 rings (SSSR count). The third-order valence-electron chi connectivity index (χ3n) is 2.79. The van der Waals surface area contributed by atoms with Gasteiger partial charge in [0.25, 0.3) is 0 Å². The van der Waals surface area contributed by atoms with Crippen molar-refractivity contribution >= 4 is 12.4 Å². The van der Waals surface area contributed by atoms with Crippen LogP contribution in [0.15, 0.2) is 24.5 Å². The molecule has 1 aromatic rings. The van der Waals surface area contributed by atoms with Crippen molar-refractivity contribution in [2.24, 2.45) is 0 Å². The lowest BCUT2D eigenvalue weighted by atomic mass is 10.1. The molecule has 0 aromatic carbocycles. The molecule has 90 valence electrons. The summed E-state index contributed by atoms with van der Waals surface area (Å²) in [6.45, 7) is 7.79. The number of hydrogen-bond acceptors (Lipinski definition) is 3. The van der Waals surface area contributed by atoms with E-state index >= 15 is 0 Å². The van der Waals surface area contributed by atoms with Crippen molar-refractivity contribution in [1.82, 2.24) is 15.2 Å². The van der Waals surface area contributed by atoms with Crippen LogP contribution in [-0.2, 0) is 6.54 Å². The van der Waals surface area contributed by atoms with Crippen molar-refractivity contribution in [1.29, 1.82) is 0 Å². The van der Waals surface area contributed by atoms with Crippen LogP contribution in [0.2, 0.25) is 0 Å². The molecule has 0 aliphatic carbocycles. The Morgan fingerprint density at radius 3 is 2.38 bits per heavy atom. The first-order valence-electron chi connectivity index (χ1n) is 5.61. The summed E-state index contributed by atoms with van der Waals surface area (Å²) in [5.74, 6) is 0. The highest BCUT2D eigenvalue weighted by molar-refractivity contribution is 5.85. The predicted octanol–water partition coefficient (Wildman–Crippen LogP) is 1.69. The highest BCUT2D eigenvalue weighted by Gasteiger charge is 2.20. The van der Waals surface area contributed by atoms with Gasteiger partial charge in [-0.3, -0.25) is 9.88 Å². The number of nitrogens with one attached hydrogen (secondary N) is 1. The molecular weight excluding hydrogens is 222 g/mol. The van der Waals surface area contributed by atoms with Crippen molar-refractivity contribution in [3.8, 4) is 0 Å². The van der Waals surface area contributed by atoms with E-state index in [-0.39, 0.29) is 12.4 Å². The molecule has 0 saturated carbocycles. The summed E-state index contributed by atoms with van der Waals surface area (Å²) in [6.07, 6.45) is 3.73. The summed E-state index contributed by atoms with van der Waals surface area (Å²) >= 11 is 0. The predicted molar refractivity (Wildman–Crippen MR) is 68.8 cm³/mol. The summed E-state index contributed by atoms with van der Waals surface area (Å²) in [4.78, 5) is 6.54. The first kappa shape index (κ1) is 13.4. The molecule has 0 amide bonds. The summed E-state index contributed by atoms with van der Waals surface area (Å²) in [6, 6.07) is 5.38. The minimum atomic E-state index is 0. The second-order valence-electron chi connectivity index (χ2n) is 4.52. The molecule has 3 nitrogen and oxygen atoms in total. The SMILES string of the molecule is CC1CN(Cc2ccncc2)CC(C)N1.Cl. The number of piperazine rings is 1. The minimum absolute atomic E-state index is 0. The van der Waals surface area contributed by atoms with Crippen molar-refractivity contribution in [3.05, 3.63) is 30.1 Å². The van der Waals surface area contributed by atoms with E-state index in [1.165, 1.54) is 5.56 Å². The summed E-state index contributed by atoms with van der Waals surface area (Å²) in [7, 11) is 0. The summed E-state index contributed by atoms with van der Waals surface area (Å²) in [5.41, 5.74) is 1.35. The lowest BCUT2D eigenvalue weighted by Crippen LogP contribution is -2.53. The molecule has 2 atom stereocenters. The van der Waals surface area contributed by atoms with E-state index in [1.54, 1.807) is 0 Å². The lowest BCUT2D eigenvalue weighted by Gasteiger charge is -2.36. The van der Waals surface area contributed by atoms with Crippen LogP contribution in [0.3, 0.4) is 0 Å². The molecule has 1 saturated heterocycles. The maximum Gasteiger partial charge on any atom is 0.0271 e. The van der Waals surface area contributed by atoms with Crippen molar-refractivity contribution < 1.29 is 0 Å². The average molecular weight is 242 g/mol. The first-order valence-corrected chi connectivity index (χ1v) is 5.61. The van der Waals surface area contributed by atoms with Gasteiger partial charge in [0.2, 0.25) is 0 Å². The van der Waals surface area contributed by atoms with E-state index in [4.69, 9.17) is 0 Å².